The minimum absolute atomic E-state index is 0.254. The van der Waals surface area contributed by atoms with Gasteiger partial charge in [-0.3, -0.25) is 0 Å². The molecule has 0 aliphatic heterocycles. The molecule has 1 heterocycles. The third-order valence-corrected chi connectivity index (χ3v) is 2.97. The highest BCUT2D eigenvalue weighted by Gasteiger charge is 2.25. The minimum atomic E-state index is 0.254. The van der Waals surface area contributed by atoms with Crippen molar-refractivity contribution in [2.24, 2.45) is 5.41 Å². The van der Waals surface area contributed by atoms with Crippen molar-refractivity contribution in [3.63, 3.8) is 0 Å². The molecule has 4 heteroatoms. The first kappa shape index (κ1) is 12.4. The van der Waals surface area contributed by atoms with Gasteiger partial charge in [0.1, 0.15) is 0 Å². The summed E-state index contributed by atoms with van der Waals surface area (Å²) >= 11 is 0. The van der Waals surface area contributed by atoms with E-state index in [1.54, 1.807) is 0 Å². The number of anilines is 1. The van der Waals surface area contributed by atoms with Crippen LogP contribution >= 0.6 is 0 Å². The highest BCUT2D eigenvalue weighted by atomic mass is 15.2. The van der Waals surface area contributed by atoms with Crippen LogP contribution in [-0.2, 0) is 6.54 Å². The summed E-state index contributed by atoms with van der Waals surface area (Å²) in [4.78, 5) is 6.64. The van der Waals surface area contributed by atoms with Gasteiger partial charge in [0, 0.05) is 31.5 Å². The summed E-state index contributed by atoms with van der Waals surface area (Å²) < 4.78 is 2.24. The van der Waals surface area contributed by atoms with Gasteiger partial charge >= 0.3 is 0 Å². The van der Waals surface area contributed by atoms with Crippen LogP contribution in [0.4, 0.5) is 5.95 Å². The second kappa shape index (κ2) is 4.69. The van der Waals surface area contributed by atoms with Crippen molar-refractivity contribution in [2.75, 3.05) is 26.0 Å². The Labute approximate surface area is 104 Å². The molecule has 17 heavy (non-hydrogen) atoms. The fourth-order valence-electron chi connectivity index (χ4n) is 2.35. The first-order valence-corrected chi connectivity index (χ1v) is 6.39. The second-order valence-electron chi connectivity index (χ2n) is 6.20. The van der Waals surface area contributed by atoms with E-state index >= 15 is 0 Å². The lowest BCUT2D eigenvalue weighted by atomic mass is 9.93. The van der Waals surface area contributed by atoms with Gasteiger partial charge in [0.05, 0.1) is 0 Å². The molecule has 1 aromatic rings. The second-order valence-corrected chi connectivity index (χ2v) is 6.20. The zero-order valence-corrected chi connectivity index (χ0v) is 11.4. The Kier molecular flexibility index (Phi) is 3.43. The Morgan fingerprint density at radius 3 is 2.76 bits per heavy atom. The van der Waals surface area contributed by atoms with E-state index in [2.05, 4.69) is 53.9 Å². The van der Waals surface area contributed by atoms with Crippen molar-refractivity contribution >= 4 is 5.95 Å². The Morgan fingerprint density at radius 2 is 2.18 bits per heavy atom. The Bertz CT molecular complexity index is 363. The molecule has 1 fully saturated rings. The van der Waals surface area contributed by atoms with Crippen LogP contribution in [0.5, 0.6) is 0 Å². The molecule has 0 radical (unpaired) electrons. The largest absolute Gasteiger partial charge is 0.353 e. The first-order valence-electron chi connectivity index (χ1n) is 6.39. The SMILES string of the molecule is CN(C)CC(C)(C)Cn1ccnc1NC1CC1. The van der Waals surface area contributed by atoms with Crippen molar-refractivity contribution in [3.05, 3.63) is 12.4 Å². The lowest BCUT2D eigenvalue weighted by Crippen LogP contribution is -2.32. The maximum atomic E-state index is 4.40. The maximum absolute atomic E-state index is 4.40. The van der Waals surface area contributed by atoms with E-state index in [1.165, 1.54) is 12.8 Å². The molecule has 1 N–H and O–H groups in total. The molecule has 0 atom stereocenters. The molecule has 0 saturated heterocycles. The van der Waals surface area contributed by atoms with E-state index in [1.807, 2.05) is 6.20 Å². The summed E-state index contributed by atoms with van der Waals surface area (Å²) in [7, 11) is 4.25. The van der Waals surface area contributed by atoms with Gasteiger partial charge in [-0.1, -0.05) is 13.8 Å². The van der Waals surface area contributed by atoms with Gasteiger partial charge in [-0.2, -0.15) is 0 Å². The van der Waals surface area contributed by atoms with Crippen LogP contribution in [0.3, 0.4) is 0 Å². The van der Waals surface area contributed by atoms with Crippen molar-refractivity contribution in [2.45, 2.75) is 39.3 Å². The average Bonchev–Trinajstić information content (AvgIpc) is 2.87. The summed E-state index contributed by atoms with van der Waals surface area (Å²) in [5.41, 5.74) is 0.254. The number of imidazole rings is 1. The van der Waals surface area contributed by atoms with E-state index in [-0.39, 0.29) is 5.41 Å². The molecule has 2 rings (SSSR count). The van der Waals surface area contributed by atoms with E-state index in [0.717, 1.165) is 19.0 Å². The highest BCUT2D eigenvalue weighted by molar-refractivity contribution is 5.29. The van der Waals surface area contributed by atoms with Crippen LogP contribution < -0.4 is 5.32 Å². The van der Waals surface area contributed by atoms with E-state index < -0.39 is 0 Å². The quantitative estimate of drug-likeness (QED) is 0.820. The summed E-state index contributed by atoms with van der Waals surface area (Å²) in [5.74, 6) is 1.03. The smallest absolute Gasteiger partial charge is 0.203 e. The molecule has 0 bridgehead atoms. The Hall–Kier alpha value is -1.03. The number of hydrogen-bond acceptors (Lipinski definition) is 3. The Balaban J connectivity index is 1.99. The van der Waals surface area contributed by atoms with Gasteiger partial charge in [-0.05, 0) is 32.4 Å². The monoisotopic (exact) mass is 236 g/mol. The van der Waals surface area contributed by atoms with Gasteiger partial charge in [0.25, 0.3) is 0 Å². The van der Waals surface area contributed by atoms with E-state index in [0.29, 0.717) is 6.04 Å². The third kappa shape index (κ3) is 3.73. The van der Waals surface area contributed by atoms with Gasteiger partial charge in [0.15, 0.2) is 0 Å². The number of hydrogen-bond donors (Lipinski definition) is 1. The van der Waals surface area contributed by atoms with Crippen LogP contribution in [0, 0.1) is 5.41 Å². The standard InChI is InChI=1S/C13H24N4/c1-13(2,9-16(3)4)10-17-8-7-14-12(17)15-11-5-6-11/h7-8,11H,5-6,9-10H2,1-4H3,(H,14,15). The molecule has 4 nitrogen and oxygen atoms in total. The summed E-state index contributed by atoms with van der Waals surface area (Å²) in [6.07, 6.45) is 6.53. The fraction of sp³-hybridized carbons (Fsp3) is 0.769. The van der Waals surface area contributed by atoms with Gasteiger partial charge in [-0.15, -0.1) is 0 Å². The number of aromatic nitrogens is 2. The number of rotatable bonds is 6. The van der Waals surface area contributed by atoms with Crippen LogP contribution in [0.1, 0.15) is 26.7 Å². The van der Waals surface area contributed by atoms with Crippen molar-refractivity contribution in [3.8, 4) is 0 Å². The first-order chi connectivity index (χ1) is 7.96. The van der Waals surface area contributed by atoms with E-state index in [9.17, 15) is 0 Å². The minimum Gasteiger partial charge on any atom is -0.353 e. The normalized spacial score (nSPS) is 16.5. The third-order valence-electron chi connectivity index (χ3n) is 2.97. The number of nitrogens with zero attached hydrogens (tertiary/aromatic N) is 3. The molecule has 0 spiro atoms. The van der Waals surface area contributed by atoms with Gasteiger partial charge < -0.3 is 14.8 Å². The highest BCUT2D eigenvalue weighted by Crippen LogP contribution is 2.26. The van der Waals surface area contributed by atoms with Crippen LogP contribution in [0.25, 0.3) is 0 Å². The van der Waals surface area contributed by atoms with Gasteiger partial charge in [0.2, 0.25) is 5.95 Å². The van der Waals surface area contributed by atoms with Crippen molar-refractivity contribution in [1.29, 1.82) is 0 Å². The lowest BCUT2D eigenvalue weighted by molar-refractivity contribution is 0.212. The molecule has 0 aromatic carbocycles. The zero-order valence-electron chi connectivity index (χ0n) is 11.4. The predicted molar refractivity (Wildman–Crippen MR) is 71.2 cm³/mol. The summed E-state index contributed by atoms with van der Waals surface area (Å²) in [6.45, 7) is 6.68. The summed E-state index contributed by atoms with van der Waals surface area (Å²) in [5, 5.41) is 3.48. The fourth-order valence-corrected chi connectivity index (χ4v) is 2.35. The lowest BCUT2D eigenvalue weighted by Gasteiger charge is -2.29. The molecule has 0 unspecified atom stereocenters. The van der Waals surface area contributed by atoms with Crippen molar-refractivity contribution in [1.82, 2.24) is 14.5 Å². The van der Waals surface area contributed by atoms with Gasteiger partial charge in [-0.25, -0.2) is 4.98 Å². The number of nitrogens with one attached hydrogen (secondary N) is 1. The molecule has 1 aromatic heterocycles. The topological polar surface area (TPSA) is 33.1 Å². The molecule has 1 aliphatic carbocycles. The maximum Gasteiger partial charge on any atom is 0.203 e. The molecular formula is C13H24N4. The zero-order chi connectivity index (χ0) is 12.5. The molecular weight excluding hydrogens is 212 g/mol. The average molecular weight is 236 g/mol. The molecule has 96 valence electrons. The molecule has 0 amide bonds. The Morgan fingerprint density at radius 1 is 1.47 bits per heavy atom. The van der Waals surface area contributed by atoms with Crippen LogP contribution in [0.2, 0.25) is 0 Å². The van der Waals surface area contributed by atoms with Crippen LogP contribution in [0.15, 0.2) is 12.4 Å². The molecule has 1 saturated carbocycles. The van der Waals surface area contributed by atoms with E-state index in [4.69, 9.17) is 0 Å². The predicted octanol–water partition coefficient (Wildman–Crippen LogP) is 2.05. The van der Waals surface area contributed by atoms with Crippen molar-refractivity contribution < 1.29 is 0 Å². The van der Waals surface area contributed by atoms with Crippen LogP contribution in [-0.4, -0.2) is 41.1 Å². The summed E-state index contributed by atoms with van der Waals surface area (Å²) in [6, 6.07) is 0.660. The molecule has 1 aliphatic rings.